The van der Waals surface area contributed by atoms with Crippen molar-refractivity contribution in [3.8, 4) is 0 Å². The van der Waals surface area contributed by atoms with Crippen molar-refractivity contribution in [1.82, 2.24) is 14.7 Å². The van der Waals surface area contributed by atoms with Crippen molar-refractivity contribution in [3.05, 3.63) is 76.2 Å². The molecule has 1 heterocycles. The molecule has 1 atom stereocenters. The van der Waals surface area contributed by atoms with E-state index in [0.29, 0.717) is 17.3 Å². The molecule has 3 aromatic rings. The molecule has 144 valence electrons. The van der Waals surface area contributed by atoms with Gasteiger partial charge in [0.05, 0.1) is 5.39 Å². The molecule has 0 aliphatic carbocycles. The van der Waals surface area contributed by atoms with Crippen molar-refractivity contribution >= 4 is 22.6 Å². The lowest BCUT2D eigenvalue weighted by Gasteiger charge is -2.21. The first-order valence-electron chi connectivity index (χ1n) is 8.84. The number of nitrogens with zero attached hydrogens (tertiary/aromatic N) is 3. The summed E-state index contributed by atoms with van der Waals surface area (Å²) in [6, 6.07) is 16.2. The van der Waals surface area contributed by atoms with E-state index in [1.165, 1.54) is 18.9 Å². The van der Waals surface area contributed by atoms with E-state index in [2.05, 4.69) is 5.10 Å². The van der Waals surface area contributed by atoms with Gasteiger partial charge in [-0.2, -0.15) is 5.10 Å². The summed E-state index contributed by atoms with van der Waals surface area (Å²) in [6.07, 6.45) is -0.987. The highest BCUT2D eigenvalue weighted by atomic mass is 16.5. The zero-order valence-corrected chi connectivity index (χ0v) is 16.0. The zero-order chi connectivity index (χ0) is 20.3. The quantitative estimate of drug-likeness (QED) is 0.635. The lowest BCUT2D eigenvalue weighted by molar-refractivity contribution is -0.139. The standard InChI is InChI=1S/C21H21N3O4/c1-14(19(25)23(2)13-15-9-5-4-6-10-15)28-21(27)18-16-11-7-8-12-17(16)20(26)24(3)22-18/h4-12,14H,13H2,1-3H3/t14-/m1/s1. The van der Waals surface area contributed by atoms with Gasteiger partial charge in [-0.25, -0.2) is 9.48 Å². The van der Waals surface area contributed by atoms with Crippen LogP contribution in [-0.2, 0) is 23.1 Å². The van der Waals surface area contributed by atoms with Crippen LogP contribution in [0.5, 0.6) is 0 Å². The fraction of sp³-hybridized carbons (Fsp3) is 0.238. The maximum Gasteiger partial charge on any atom is 0.360 e. The average molecular weight is 379 g/mol. The van der Waals surface area contributed by atoms with Gasteiger partial charge < -0.3 is 9.64 Å². The second-order valence-electron chi connectivity index (χ2n) is 6.55. The number of amides is 1. The van der Waals surface area contributed by atoms with Crippen LogP contribution in [0.3, 0.4) is 0 Å². The number of aromatic nitrogens is 2. The normalized spacial score (nSPS) is 11.8. The van der Waals surface area contributed by atoms with Crippen molar-refractivity contribution in [2.24, 2.45) is 7.05 Å². The van der Waals surface area contributed by atoms with Crippen molar-refractivity contribution < 1.29 is 14.3 Å². The summed E-state index contributed by atoms with van der Waals surface area (Å²) < 4.78 is 6.44. The third-order valence-electron chi connectivity index (χ3n) is 4.42. The highest BCUT2D eigenvalue weighted by molar-refractivity contribution is 6.02. The number of rotatable bonds is 5. The molecular weight excluding hydrogens is 358 g/mol. The van der Waals surface area contributed by atoms with Crippen LogP contribution in [0.1, 0.15) is 23.0 Å². The maximum atomic E-state index is 12.6. The summed E-state index contributed by atoms with van der Waals surface area (Å²) in [6.45, 7) is 1.93. The third kappa shape index (κ3) is 3.93. The van der Waals surface area contributed by atoms with Gasteiger partial charge in [-0.05, 0) is 18.6 Å². The minimum absolute atomic E-state index is 0.00284. The van der Waals surface area contributed by atoms with E-state index in [1.807, 2.05) is 30.3 Å². The molecule has 2 aromatic carbocycles. The van der Waals surface area contributed by atoms with Gasteiger partial charge in [-0.15, -0.1) is 0 Å². The van der Waals surface area contributed by atoms with Gasteiger partial charge in [0, 0.05) is 26.0 Å². The van der Waals surface area contributed by atoms with Gasteiger partial charge in [0.2, 0.25) is 0 Å². The molecular formula is C21H21N3O4. The molecule has 0 radical (unpaired) electrons. The topological polar surface area (TPSA) is 81.5 Å². The van der Waals surface area contributed by atoms with E-state index in [0.717, 1.165) is 10.2 Å². The largest absolute Gasteiger partial charge is 0.448 e. The summed E-state index contributed by atoms with van der Waals surface area (Å²) in [4.78, 5) is 38.9. The van der Waals surface area contributed by atoms with Crippen molar-refractivity contribution in [2.45, 2.75) is 19.6 Å². The Morgan fingerprint density at radius 2 is 1.68 bits per heavy atom. The Balaban J connectivity index is 1.77. The van der Waals surface area contributed by atoms with Crippen LogP contribution < -0.4 is 5.56 Å². The monoisotopic (exact) mass is 379 g/mol. The van der Waals surface area contributed by atoms with Crippen LogP contribution in [-0.4, -0.2) is 39.7 Å². The summed E-state index contributed by atoms with van der Waals surface area (Å²) in [5.41, 5.74) is 0.671. The van der Waals surface area contributed by atoms with Gasteiger partial charge in [0.25, 0.3) is 11.5 Å². The minimum atomic E-state index is -0.987. The van der Waals surface area contributed by atoms with Gasteiger partial charge in [0.1, 0.15) is 0 Å². The van der Waals surface area contributed by atoms with E-state index in [-0.39, 0.29) is 17.2 Å². The SMILES string of the molecule is C[C@@H](OC(=O)c1nn(C)c(=O)c2ccccc12)C(=O)N(C)Cc1ccccc1. The van der Waals surface area contributed by atoms with Crippen LogP contribution >= 0.6 is 0 Å². The fourth-order valence-corrected chi connectivity index (χ4v) is 2.96. The molecule has 0 fully saturated rings. The van der Waals surface area contributed by atoms with E-state index in [1.54, 1.807) is 31.3 Å². The van der Waals surface area contributed by atoms with E-state index in [4.69, 9.17) is 4.74 Å². The smallest absolute Gasteiger partial charge is 0.360 e. The van der Waals surface area contributed by atoms with Crippen LogP contribution in [0.25, 0.3) is 10.8 Å². The predicted molar refractivity (Wildman–Crippen MR) is 105 cm³/mol. The maximum absolute atomic E-state index is 12.6. The highest BCUT2D eigenvalue weighted by Crippen LogP contribution is 2.15. The van der Waals surface area contributed by atoms with Crippen LogP contribution in [0.2, 0.25) is 0 Å². The molecule has 0 spiro atoms. The Morgan fingerprint density at radius 3 is 2.36 bits per heavy atom. The molecule has 0 saturated heterocycles. The number of likely N-dealkylation sites (N-methyl/N-ethyl adjacent to an activating group) is 1. The number of benzene rings is 2. The fourth-order valence-electron chi connectivity index (χ4n) is 2.96. The molecule has 1 aromatic heterocycles. The Labute approximate surface area is 162 Å². The molecule has 3 rings (SSSR count). The molecule has 7 heteroatoms. The first-order chi connectivity index (χ1) is 13.4. The first kappa shape index (κ1) is 19.3. The first-order valence-corrected chi connectivity index (χ1v) is 8.84. The number of ether oxygens (including phenoxy) is 1. The van der Waals surface area contributed by atoms with Gasteiger partial charge >= 0.3 is 5.97 Å². The highest BCUT2D eigenvalue weighted by Gasteiger charge is 2.25. The molecule has 0 aliphatic heterocycles. The molecule has 0 aliphatic rings. The number of esters is 1. The zero-order valence-electron chi connectivity index (χ0n) is 16.0. The number of aryl methyl sites for hydroxylation is 1. The van der Waals surface area contributed by atoms with E-state index >= 15 is 0 Å². The molecule has 28 heavy (non-hydrogen) atoms. The van der Waals surface area contributed by atoms with Gasteiger partial charge in [0.15, 0.2) is 11.8 Å². The number of carbonyl (C=O) groups excluding carboxylic acids is 2. The van der Waals surface area contributed by atoms with E-state index in [9.17, 15) is 14.4 Å². The number of fused-ring (bicyclic) bond motifs is 1. The summed E-state index contributed by atoms with van der Waals surface area (Å²) in [5.74, 6) is -1.08. The molecule has 0 unspecified atom stereocenters. The lowest BCUT2D eigenvalue weighted by atomic mass is 10.1. The minimum Gasteiger partial charge on any atom is -0.448 e. The summed E-state index contributed by atoms with van der Waals surface area (Å²) in [7, 11) is 3.12. The average Bonchev–Trinajstić information content (AvgIpc) is 2.70. The Hall–Kier alpha value is -3.48. The number of hydrogen-bond donors (Lipinski definition) is 0. The molecule has 0 saturated carbocycles. The summed E-state index contributed by atoms with van der Waals surface area (Å²) in [5, 5.41) is 4.79. The van der Waals surface area contributed by atoms with Crippen molar-refractivity contribution in [2.75, 3.05) is 7.05 Å². The van der Waals surface area contributed by atoms with Crippen LogP contribution in [0.4, 0.5) is 0 Å². The molecule has 1 amide bonds. The Bertz CT molecular complexity index is 1080. The van der Waals surface area contributed by atoms with Crippen molar-refractivity contribution in [3.63, 3.8) is 0 Å². The third-order valence-corrected chi connectivity index (χ3v) is 4.42. The van der Waals surface area contributed by atoms with Crippen LogP contribution in [0.15, 0.2) is 59.4 Å². The predicted octanol–water partition coefficient (Wildman–Crippen LogP) is 2.14. The van der Waals surface area contributed by atoms with Gasteiger partial charge in [-0.3, -0.25) is 9.59 Å². The molecule has 7 nitrogen and oxygen atoms in total. The lowest BCUT2D eigenvalue weighted by Crippen LogP contribution is -2.37. The van der Waals surface area contributed by atoms with Crippen LogP contribution in [0, 0.1) is 0 Å². The van der Waals surface area contributed by atoms with Gasteiger partial charge in [-0.1, -0.05) is 48.5 Å². The number of hydrogen-bond acceptors (Lipinski definition) is 5. The molecule has 0 N–H and O–H groups in total. The second-order valence-corrected chi connectivity index (χ2v) is 6.55. The Morgan fingerprint density at radius 1 is 1.07 bits per heavy atom. The van der Waals surface area contributed by atoms with E-state index < -0.39 is 12.1 Å². The second kappa shape index (κ2) is 8.04. The van der Waals surface area contributed by atoms with Crippen molar-refractivity contribution in [1.29, 1.82) is 0 Å². The Kier molecular flexibility index (Phi) is 5.54. The number of carbonyl (C=O) groups is 2. The summed E-state index contributed by atoms with van der Waals surface area (Å²) >= 11 is 0. The molecule has 0 bridgehead atoms.